The minimum atomic E-state index is -1.23. The first-order chi connectivity index (χ1) is 5.68. The van der Waals surface area contributed by atoms with Gasteiger partial charge in [0, 0.05) is 0 Å². The van der Waals surface area contributed by atoms with Gasteiger partial charge in [-0.15, -0.1) is 0 Å². The molecule has 0 atom stereocenters. The number of benzene rings is 1. The van der Waals surface area contributed by atoms with Crippen molar-refractivity contribution in [2.24, 2.45) is 0 Å². The van der Waals surface area contributed by atoms with E-state index in [1.165, 1.54) is 18.2 Å². The third-order valence-electron chi connectivity index (χ3n) is 1.30. The van der Waals surface area contributed by atoms with E-state index < -0.39 is 5.97 Å². The minimum absolute atomic E-state index is 0. The molecule has 0 saturated heterocycles. The summed E-state index contributed by atoms with van der Waals surface area (Å²) in [6.45, 7) is 0. The molecule has 0 aliphatic heterocycles. The van der Waals surface area contributed by atoms with Crippen LogP contribution in [0.25, 0.3) is 6.08 Å². The van der Waals surface area contributed by atoms with E-state index >= 15 is 0 Å². The van der Waals surface area contributed by atoms with Crippen molar-refractivity contribution in [3.05, 3.63) is 35.9 Å². The van der Waals surface area contributed by atoms with Crippen LogP contribution in [0.15, 0.2) is 30.3 Å². The van der Waals surface area contributed by atoms with Gasteiger partial charge in [0.2, 0.25) is 0 Å². The normalized spacial score (nSPS) is 9.54. The molecule has 1 rings (SSSR count). The van der Waals surface area contributed by atoms with Crippen molar-refractivity contribution in [1.82, 2.24) is 0 Å². The number of carbonyl (C=O) groups is 1. The zero-order valence-electron chi connectivity index (χ0n) is 7.23. The van der Waals surface area contributed by atoms with E-state index in [1.54, 1.807) is 12.1 Å². The Morgan fingerprint density at radius 3 is 2.31 bits per heavy atom. The first kappa shape index (κ1) is 12.9. The first-order valence-corrected chi connectivity index (χ1v) is 3.36. The topological polar surface area (TPSA) is 60.4 Å². The van der Waals surface area contributed by atoms with Gasteiger partial charge in [-0.2, -0.15) is 0 Å². The van der Waals surface area contributed by atoms with Gasteiger partial charge in [-0.05, 0) is 23.8 Å². The van der Waals surface area contributed by atoms with Gasteiger partial charge in [0.1, 0.15) is 5.75 Å². The Bertz CT molecular complexity index is 303. The van der Waals surface area contributed by atoms with Gasteiger partial charge in [-0.1, -0.05) is 18.2 Å². The van der Waals surface area contributed by atoms with E-state index in [1.807, 2.05) is 0 Å². The maximum Gasteiger partial charge on any atom is 1.00 e. The molecule has 0 fully saturated rings. The summed E-state index contributed by atoms with van der Waals surface area (Å²) < 4.78 is 0. The quantitative estimate of drug-likeness (QED) is 0.415. The predicted octanol–water partition coefficient (Wildman–Crippen LogP) is -2.84. The maximum atomic E-state index is 9.99. The third kappa shape index (κ3) is 5.23. The minimum Gasteiger partial charge on any atom is -0.545 e. The molecule has 0 heterocycles. The Balaban J connectivity index is 0.00000144. The molecule has 0 aliphatic carbocycles. The standard InChI is InChI=1S/C9H8O3.K/c10-8-4-1-7(2-5-8)3-6-9(11)12;/h1-6,10H,(H,11,12);/q;+1/p-1. The van der Waals surface area contributed by atoms with E-state index in [0.29, 0.717) is 5.56 Å². The van der Waals surface area contributed by atoms with E-state index in [4.69, 9.17) is 5.11 Å². The largest absolute Gasteiger partial charge is 1.00 e. The zero-order valence-corrected chi connectivity index (χ0v) is 10.4. The van der Waals surface area contributed by atoms with Crippen molar-refractivity contribution in [3.8, 4) is 5.75 Å². The number of rotatable bonds is 2. The molecule has 0 unspecified atom stereocenters. The van der Waals surface area contributed by atoms with E-state index in [0.717, 1.165) is 6.08 Å². The van der Waals surface area contributed by atoms with Crippen molar-refractivity contribution in [3.63, 3.8) is 0 Å². The number of carboxylic acid groups (broad SMARTS) is 1. The van der Waals surface area contributed by atoms with Gasteiger partial charge < -0.3 is 15.0 Å². The second kappa shape index (κ2) is 6.34. The molecule has 1 aromatic rings. The summed E-state index contributed by atoms with van der Waals surface area (Å²) in [7, 11) is 0. The predicted molar refractivity (Wildman–Crippen MR) is 42.1 cm³/mol. The molecule has 0 saturated carbocycles. The fraction of sp³-hybridized carbons (Fsp3) is 0. The first-order valence-electron chi connectivity index (χ1n) is 3.36. The van der Waals surface area contributed by atoms with E-state index in [2.05, 4.69) is 0 Å². The van der Waals surface area contributed by atoms with Crippen LogP contribution in [0, 0.1) is 0 Å². The van der Waals surface area contributed by atoms with Crippen molar-refractivity contribution >= 4 is 12.0 Å². The van der Waals surface area contributed by atoms with Crippen molar-refractivity contribution < 1.29 is 66.4 Å². The van der Waals surface area contributed by atoms with Crippen molar-refractivity contribution in [2.45, 2.75) is 0 Å². The molecule has 0 amide bonds. The monoisotopic (exact) mass is 202 g/mol. The fourth-order valence-electron chi connectivity index (χ4n) is 0.750. The van der Waals surface area contributed by atoms with Crippen LogP contribution in [0.3, 0.4) is 0 Å². The second-order valence-corrected chi connectivity index (χ2v) is 2.24. The smallest absolute Gasteiger partial charge is 0.545 e. The molecule has 0 aromatic heterocycles. The van der Waals surface area contributed by atoms with Crippen LogP contribution in [-0.4, -0.2) is 11.1 Å². The zero-order chi connectivity index (χ0) is 8.97. The van der Waals surface area contributed by atoms with Crippen LogP contribution < -0.4 is 56.5 Å². The van der Waals surface area contributed by atoms with Crippen LogP contribution in [0.2, 0.25) is 0 Å². The van der Waals surface area contributed by atoms with Crippen LogP contribution in [-0.2, 0) is 4.79 Å². The Kier molecular flexibility index (Phi) is 6.27. The number of phenols is 1. The van der Waals surface area contributed by atoms with Crippen LogP contribution in [0.5, 0.6) is 5.75 Å². The summed E-state index contributed by atoms with van der Waals surface area (Å²) in [6.07, 6.45) is 2.33. The summed E-state index contributed by atoms with van der Waals surface area (Å²) in [6, 6.07) is 6.17. The molecule has 62 valence electrons. The maximum absolute atomic E-state index is 9.99. The molecule has 3 nitrogen and oxygen atoms in total. The summed E-state index contributed by atoms with van der Waals surface area (Å²) in [5, 5.41) is 18.9. The summed E-state index contributed by atoms with van der Waals surface area (Å²) in [4.78, 5) is 9.99. The average molecular weight is 202 g/mol. The Labute approximate surface area is 119 Å². The van der Waals surface area contributed by atoms with Gasteiger partial charge in [0.05, 0.1) is 5.97 Å². The Morgan fingerprint density at radius 2 is 1.85 bits per heavy atom. The Morgan fingerprint density at radius 1 is 1.31 bits per heavy atom. The molecule has 1 N–H and O–H groups in total. The molecule has 0 spiro atoms. The van der Waals surface area contributed by atoms with E-state index in [9.17, 15) is 9.90 Å². The van der Waals surface area contributed by atoms with E-state index in [-0.39, 0.29) is 57.1 Å². The number of carbonyl (C=O) groups excluding carboxylic acids is 1. The summed E-state index contributed by atoms with van der Waals surface area (Å²) in [5.41, 5.74) is 0.706. The third-order valence-corrected chi connectivity index (χ3v) is 1.30. The number of aromatic hydroxyl groups is 1. The van der Waals surface area contributed by atoms with Gasteiger partial charge in [-0.25, -0.2) is 0 Å². The van der Waals surface area contributed by atoms with Crippen LogP contribution in [0.4, 0.5) is 0 Å². The number of phenolic OH excluding ortho intramolecular Hbond substituents is 1. The van der Waals surface area contributed by atoms with Gasteiger partial charge in [0.25, 0.3) is 0 Å². The average Bonchev–Trinajstić information content (AvgIpc) is 2.03. The fourth-order valence-corrected chi connectivity index (χ4v) is 0.750. The van der Waals surface area contributed by atoms with Gasteiger partial charge >= 0.3 is 51.4 Å². The number of carboxylic acids is 1. The SMILES string of the molecule is O=C([O-])C=Cc1ccc(O)cc1.[K+]. The van der Waals surface area contributed by atoms with Crippen molar-refractivity contribution in [1.29, 1.82) is 0 Å². The summed E-state index contributed by atoms with van der Waals surface area (Å²) in [5.74, 6) is -1.08. The molecule has 0 aliphatic rings. The molecule has 0 radical (unpaired) electrons. The molecule has 0 bridgehead atoms. The second-order valence-electron chi connectivity index (χ2n) is 2.24. The molecule has 1 aromatic carbocycles. The molecular weight excluding hydrogens is 195 g/mol. The number of aliphatic carboxylic acids is 1. The number of hydrogen-bond donors (Lipinski definition) is 1. The number of hydrogen-bond acceptors (Lipinski definition) is 3. The summed E-state index contributed by atoms with van der Waals surface area (Å²) >= 11 is 0. The van der Waals surface area contributed by atoms with Gasteiger partial charge in [-0.3, -0.25) is 0 Å². The van der Waals surface area contributed by atoms with Crippen LogP contribution in [0.1, 0.15) is 5.56 Å². The van der Waals surface area contributed by atoms with Crippen molar-refractivity contribution in [2.75, 3.05) is 0 Å². The molecular formula is C9H7KO3. The van der Waals surface area contributed by atoms with Crippen LogP contribution >= 0.6 is 0 Å². The van der Waals surface area contributed by atoms with Gasteiger partial charge in [0.15, 0.2) is 0 Å². The molecule has 4 heteroatoms. The Hall–Kier alpha value is -0.134. The molecule has 13 heavy (non-hydrogen) atoms.